The Bertz CT molecular complexity index is 450. The number of rotatable bonds is 4. The average Bonchev–Trinajstić information content (AvgIpc) is 2.31. The molecular weight excluding hydrogens is 231 g/mol. The molecule has 0 aliphatic heterocycles. The molecule has 0 bridgehead atoms. The highest BCUT2D eigenvalue weighted by Gasteiger charge is 2.35. The van der Waals surface area contributed by atoms with Crippen molar-refractivity contribution in [3.63, 3.8) is 0 Å². The zero-order valence-corrected chi connectivity index (χ0v) is 10.6. The molecule has 0 saturated heterocycles. The van der Waals surface area contributed by atoms with Crippen molar-refractivity contribution in [1.29, 1.82) is 0 Å². The third-order valence-electron chi connectivity index (χ3n) is 4.09. The molecule has 0 heterocycles. The van der Waals surface area contributed by atoms with Crippen LogP contribution in [-0.2, 0) is 0 Å². The van der Waals surface area contributed by atoms with Crippen molar-refractivity contribution in [3.8, 4) is 0 Å². The highest BCUT2D eigenvalue weighted by molar-refractivity contribution is 5.99. The number of nitrogens with two attached hydrogens (primary N) is 1. The van der Waals surface area contributed by atoms with Crippen LogP contribution in [0.5, 0.6) is 0 Å². The zero-order chi connectivity index (χ0) is 13.2. The number of halogens is 1. The van der Waals surface area contributed by atoms with E-state index < -0.39 is 5.82 Å². The van der Waals surface area contributed by atoms with E-state index in [0.29, 0.717) is 6.54 Å². The van der Waals surface area contributed by atoms with Gasteiger partial charge in [-0.15, -0.1) is 0 Å². The van der Waals surface area contributed by atoms with Crippen LogP contribution in [0.15, 0.2) is 18.2 Å². The fraction of sp³-hybridized carbons (Fsp3) is 0.500. The molecule has 0 aromatic heterocycles. The SMILES string of the molecule is CCC1(CNC(=O)c2cccc(F)c2N)CCC1. The molecule has 1 fully saturated rings. The second-order valence-corrected chi connectivity index (χ2v) is 5.09. The number of nitrogen functional groups attached to an aromatic ring is 1. The van der Waals surface area contributed by atoms with Crippen LogP contribution in [0.3, 0.4) is 0 Å². The molecule has 18 heavy (non-hydrogen) atoms. The van der Waals surface area contributed by atoms with E-state index in [1.807, 2.05) is 0 Å². The lowest BCUT2D eigenvalue weighted by atomic mass is 9.67. The van der Waals surface area contributed by atoms with E-state index in [1.54, 1.807) is 6.07 Å². The van der Waals surface area contributed by atoms with Gasteiger partial charge in [0.15, 0.2) is 0 Å². The minimum Gasteiger partial charge on any atom is -0.396 e. The fourth-order valence-corrected chi connectivity index (χ4v) is 2.43. The number of para-hydroxylation sites is 1. The summed E-state index contributed by atoms with van der Waals surface area (Å²) in [5.41, 5.74) is 5.96. The smallest absolute Gasteiger partial charge is 0.253 e. The number of hydrogen-bond donors (Lipinski definition) is 2. The van der Waals surface area contributed by atoms with Gasteiger partial charge in [-0.2, -0.15) is 0 Å². The van der Waals surface area contributed by atoms with Crippen LogP contribution in [0.4, 0.5) is 10.1 Å². The van der Waals surface area contributed by atoms with Gasteiger partial charge in [-0.05, 0) is 36.8 Å². The quantitative estimate of drug-likeness (QED) is 0.807. The van der Waals surface area contributed by atoms with Crippen LogP contribution in [0, 0.1) is 11.2 Å². The first-order valence-electron chi connectivity index (χ1n) is 6.40. The van der Waals surface area contributed by atoms with E-state index in [-0.39, 0.29) is 22.6 Å². The van der Waals surface area contributed by atoms with E-state index in [0.717, 1.165) is 19.3 Å². The van der Waals surface area contributed by atoms with Crippen molar-refractivity contribution in [3.05, 3.63) is 29.6 Å². The number of carbonyl (C=O) groups is 1. The minimum atomic E-state index is -0.545. The van der Waals surface area contributed by atoms with Gasteiger partial charge in [0.05, 0.1) is 11.3 Å². The van der Waals surface area contributed by atoms with E-state index >= 15 is 0 Å². The van der Waals surface area contributed by atoms with Gasteiger partial charge >= 0.3 is 0 Å². The summed E-state index contributed by atoms with van der Waals surface area (Å²) in [6.07, 6.45) is 4.60. The summed E-state index contributed by atoms with van der Waals surface area (Å²) in [4.78, 5) is 12.0. The first kappa shape index (κ1) is 12.9. The Hall–Kier alpha value is -1.58. The first-order valence-corrected chi connectivity index (χ1v) is 6.40. The highest BCUT2D eigenvalue weighted by Crippen LogP contribution is 2.43. The predicted molar refractivity (Wildman–Crippen MR) is 69.7 cm³/mol. The molecule has 0 unspecified atom stereocenters. The van der Waals surface area contributed by atoms with Gasteiger partial charge in [-0.1, -0.05) is 19.4 Å². The Kier molecular flexibility index (Phi) is 3.55. The van der Waals surface area contributed by atoms with Gasteiger partial charge in [0, 0.05) is 6.54 Å². The van der Waals surface area contributed by atoms with Crippen molar-refractivity contribution in [2.45, 2.75) is 32.6 Å². The fourth-order valence-electron chi connectivity index (χ4n) is 2.43. The van der Waals surface area contributed by atoms with Crippen molar-refractivity contribution < 1.29 is 9.18 Å². The highest BCUT2D eigenvalue weighted by atomic mass is 19.1. The molecule has 4 heteroatoms. The van der Waals surface area contributed by atoms with Crippen LogP contribution in [0.1, 0.15) is 43.0 Å². The molecule has 1 aliphatic rings. The normalized spacial score (nSPS) is 17.0. The molecule has 3 nitrogen and oxygen atoms in total. The van der Waals surface area contributed by atoms with E-state index in [9.17, 15) is 9.18 Å². The molecule has 1 aliphatic carbocycles. The lowest BCUT2D eigenvalue weighted by molar-refractivity contribution is 0.0850. The van der Waals surface area contributed by atoms with Crippen LogP contribution in [0.25, 0.3) is 0 Å². The third kappa shape index (κ3) is 2.33. The Morgan fingerprint density at radius 1 is 1.50 bits per heavy atom. The summed E-state index contributed by atoms with van der Waals surface area (Å²) in [6, 6.07) is 4.30. The average molecular weight is 250 g/mol. The standard InChI is InChI=1S/C14H19FN2O/c1-2-14(7-4-8-14)9-17-13(18)10-5-3-6-11(15)12(10)16/h3,5-6H,2,4,7-9,16H2,1H3,(H,17,18). The lowest BCUT2D eigenvalue weighted by Gasteiger charge is -2.41. The van der Waals surface area contributed by atoms with E-state index in [2.05, 4.69) is 12.2 Å². The Morgan fingerprint density at radius 2 is 2.22 bits per heavy atom. The van der Waals surface area contributed by atoms with Crippen LogP contribution in [0.2, 0.25) is 0 Å². The largest absolute Gasteiger partial charge is 0.396 e. The van der Waals surface area contributed by atoms with Gasteiger partial charge in [-0.25, -0.2) is 4.39 Å². The molecule has 1 amide bonds. The summed E-state index contributed by atoms with van der Waals surface area (Å²) >= 11 is 0. The maximum absolute atomic E-state index is 13.3. The molecule has 0 radical (unpaired) electrons. The minimum absolute atomic E-state index is 0.0749. The molecule has 3 N–H and O–H groups in total. The topological polar surface area (TPSA) is 55.1 Å². The van der Waals surface area contributed by atoms with Crippen molar-refractivity contribution in [1.82, 2.24) is 5.32 Å². The summed E-state index contributed by atoms with van der Waals surface area (Å²) in [6.45, 7) is 2.79. The zero-order valence-electron chi connectivity index (χ0n) is 10.6. The third-order valence-corrected chi connectivity index (χ3v) is 4.09. The molecule has 1 aromatic rings. The number of hydrogen-bond acceptors (Lipinski definition) is 2. The Balaban J connectivity index is 2.02. The van der Waals surface area contributed by atoms with Crippen molar-refractivity contribution in [2.24, 2.45) is 5.41 Å². The molecule has 1 saturated carbocycles. The molecule has 0 spiro atoms. The Morgan fingerprint density at radius 3 is 2.78 bits per heavy atom. The number of nitrogens with one attached hydrogen (secondary N) is 1. The molecule has 0 atom stereocenters. The van der Waals surface area contributed by atoms with Gasteiger partial charge < -0.3 is 11.1 Å². The van der Waals surface area contributed by atoms with Crippen molar-refractivity contribution >= 4 is 11.6 Å². The maximum Gasteiger partial charge on any atom is 0.253 e. The monoisotopic (exact) mass is 250 g/mol. The summed E-state index contributed by atoms with van der Waals surface area (Å²) in [7, 11) is 0. The van der Waals surface area contributed by atoms with Crippen LogP contribution >= 0.6 is 0 Å². The summed E-state index contributed by atoms with van der Waals surface area (Å²) in [5, 5.41) is 2.88. The van der Waals surface area contributed by atoms with Gasteiger partial charge in [0.2, 0.25) is 0 Å². The number of amides is 1. The second kappa shape index (κ2) is 4.96. The van der Waals surface area contributed by atoms with Crippen LogP contribution in [-0.4, -0.2) is 12.5 Å². The maximum atomic E-state index is 13.3. The molecule has 2 rings (SSSR count). The van der Waals surface area contributed by atoms with E-state index in [4.69, 9.17) is 5.73 Å². The van der Waals surface area contributed by atoms with Gasteiger partial charge in [0.1, 0.15) is 5.82 Å². The first-order chi connectivity index (χ1) is 8.58. The lowest BCUT2D eigenvalue weighted by Crippen LogP contribution is -2.41. The van der Waals surface area contributed by atoms with Crippen molar-refractivity contribution in [2.75, 3.05) is 12.3 Å². The van der Waals surface area contributed by atoms with Crippen LogP contribution < -0.4 is 11.1 Å². The Labute approximate surface area is 107 Å². The molecule has 98 valence electrons. The van der Waals surface area contributed by atoms with Gasteiger partial charge in [0.25, 0.3) is 5.91 Å². The number of carbonyl (C=O) groups excluding carboxylic acids is 1. The predicted octanol–water partition coefficient (Wildman–Crippen LogP) is 2.72. The second-order valence-electron chi connectivity index (χ2n) is 5.09. The van der Waals surface area contributed by atoms with E-state index in [1.165, 1.54) is 18.6 Å². The van der Waals surface area contributed by atoms with Gasteiger partial charge in [-0.3, -0.25) is 4.79 Å². The molecular formula is C14H19FN2O. The molecule has 1 aromatic carbocycles. The summed E-state index contributed by atoms with van der Waals surface area (Å²) in [5.74, 6) is -0.830. The summed E-state index contributed by atoms with van der Waals surface area (Å²) < 4.78 is 13.3. The number of benzene rings is 1. The number of anilines is 1.